The molecule has 154 valence electrons. The number of carbonyl (C=O) groups is 1. The maximum absolute atomic E-state index is 12.5. The van der Waals surface area contributed by atoms with Crippen LogP contribution < -0.4 is 5.32 Å². The summed E-state index contributed by atoms with van der Waals surface area (Å²) < 4.78 is 9.72. The molecule has 0 unspecified atom stereocenters. The summed E-state index contributed by atoms with van der Waals surface area (Å²) in [6.45, 7) is 3.95. The smallest absolute Gasteiger partial charge is 0.234 e. The Morgan fingerprint density at radius 2 is 1.83 bits per heavy atom. The first-order valence-electron chi connectivity index (χ1n) is 9.10. The summed E-state index contributed by atoms with van der Waals surface area (Å²) in [4.78, 5) is 12.5. The van der Waals surface area contributed by atoms with Gasteiger partial charge in [-0.1, -0.05) is 43.6 Å². The van der Waals surface area contributed by atoms with Crippen LogP contribution >= 0.6 is 43.6 Å². The van der Waals surface area contributed by atoms with E-state index < -0.39 is 0 Å². The molecule has 1 N–H and O–H groups in total. The highest BCUT2D eigenvalue weighted by atomic mass is 79.9. The molecule has 2 heterocycles. The molecule has 0 spiro atoms. The lowest BCUT2D eigenvalue weighted by molar-refractivity contribution is -0.113. The van der Waals surface area contributed by atoms with Gasteiger partial charge in [-0.15, -0.1) is 10.2 Å². The van der Waals surface area contributed by atoms with E-state index in [9.17, 15) is 4.79 Å². The van der Waals surface area contributed by atoms with Crippen LogP contribution in [0.5, 0.6) is 0 Å². The van der Waals surface area contributed by atoms with Crippen LogP contribution in [-0.4, -0.2) is 26.4 Å². The van der Waals surface area contributed by atoms with Crippen molar-refractivity contribution in [3.05, 3.63) is 56.5 Å². The molecular formula is C21H18Br2N4O2S. The van der Waals surface area contributed by atoms with Gasteiger partial charge < -0.3 is 14.3 Å². The average Bonchev–Trinajstić information content (AvgIpc) is 3.25. The van der Waals surface area contributed by atoms with E-state index in [0.29, 0.717) is 16.7 Å². The molecule has 0 bridgehead atoms. The lowest BCUT2D eigenvalue weighted by Gasteiger charge is -2.12. The van der Waals surface area contributed by atoms with Gasteiger partial charge in [0, 0.05) is 27.1 Å². The normalized spacial score (nSPS) is 11.2. The molecule has 0 saturated heterocycles. The van der Waals surface area contributed by atoms with Crippen molar-refractivity contribution in [2.24, 2.45) is 7.05 Å². The van der Waals surface area contributed by atoms with Gasteiger partial charge >= 0.3 is 0 Å². The van der Waals surface area contributed by atoms with Crippen molar-refractivity contribution in [3.8, 4) is 11.6 Å². The summed E-state index contributed by atoms with van der Waals surface area (Å²) in [5, 5.41) is 13.1. The maximum atomic E-state index is 12.5. The van der Waals surface area contributed by atoms with E-state index >= 15 is 0 Å². The van der Waals surface area contributed by atoms with Crippen molar-refractivity contribution in [2.75, 3.05) is 11.1 Å². The summed E-state index contributed by atoms with van der Waals surface area (Å²) in [5.41, 5.74) is 3.65. The number of hydrogen-bond acceptors (Lipinski definition) is 5. The third kappa shape index (κ3) is 4.33. The Bertz CT molecular complexity index is 1240. The molecule has 0 radical (unpaired) electrons. The Kier molecular flexibility index (Phi) is 6.04. The van der Waals surface area contributed by atoms with Gasteiger partial charge in [-0.05, 0) is 61.4 Å². The first-order chi connectivity index (χ1) is 14.3. The van der Waals surface area contributed by atoms with E-state index in [0.717, 1.165) is 36.7 Å². The first-order valence-corrected chi connectivity index (χ1v) is 11.7. The minimum absolute atomic E-state index is 0.0911. The molecule has 6 nitrogen and oxygen atoms in total. The van der Waals surface area contributed by atoms with E-state index in [1.165, 1.54) is 11.8 Å². The minimum Gasteiger partial charge on any atom is -0.453 e. The second-order valence-electron chi connectivity index (χ2n) is 6.91. The van der Waals surface area contributed by atoms with Crippen molar-refractivity contribution in [1.29, 1.82) is 0 Å². The highest BCUT2D eigenvalue weighted by Gasteiger charge is 2.17. The summed E-state index contributed by atoms with van der Waals surface area (Å²) in [6, 6.07) is 11.7. The topological polar surface area (TPSA) is 73.0 Å². The van der Waals surface area contributed by atoms with Crippen molar-refractivity contribution in [2.45, 2.75) is 19.0 Å². The molecule has 0 atom stereocenters. The molecule has 4 aromatic rings. The molecule has 2 aromatic carbocycles. The van der Waals surface area contributed by atoms with Gasteiger partial charge in [0.15, 0.2) is 16.7 Å². The SMILES string of the molecule is Cc1cc(Br)cc(C)c1NC(=O)CSc1nnc(-c2cc3cc(Br)ccc3o2)n1C. The fourth-order valence-corrected chi connectivity index (χ4v) is 4.97. The average molecular weight is 550 g/mol. The zero-order chi connectivity index (χ0) is 21.4. The van der Waals surface area contributed by atoms with E-state index in [4.69, 9.17) is 4.42 Å². The monoisotopic (exact) mass is 548 g/mol. The number of nitrogens with one attached hydrogen (secondary N) is 1. The highest BCUT2D eigenvalue weighted by Crippen LogP contribution is 2.30. The molecule has 0 aliphatic rings. The van der Waals surface area contributed by atoms with Crippen LogP contribution in [0.4, 0.5) is 5.69 Å². The van der Waals surface area contributed by atoms with Crippen LogP contribution in [0, 0.1) is 13.8 Å². The second kappa shape index (κ2) is 8.56. The van der Waals surface area contributed by atoms with Crippen molar-refractivity contribution in [3.63, 3.8) is 0 Å². The van der Waals surface area contributed by atoms with Crippen molar-refractivity contribution >= 4 is 66.2 Å². The van der Waals surface area contributed by atoms with Gasteiger partial charge in [-0.25, -0.2) is 0 Å². The van der Waals surface area contributed by atoms with E-state index in [2.05, 4.69) is 47.4 Å². The van der Waals surface area contributed by atoms with Gasteiger partial charge in [-0.3, -0.25) is 4.79 Å². The van der Waals surface area contributed by atoms with Gasteiger partial charge in [0.25, 0.3) is 0 Å². The number of thioether (sulfide) groups is 1. The van der Waals surface area contributed by atoms with Gasteiger partial charge in [0.05, 0.1) is 5.75 Å². The standard InChI is InChI=1S/C21H18Br2N4O2S/c1-11-6-15(23)7-12(2)19(11)24-18(28)10-30-21-26-25-20(27(21)3)17-9-13-8-14(22)4-5-16(13)29-17/h4-9H,10H2,1-3H3,(H,24,28). The lowest BCUT2D eigenvalue weighted by Crippen LogP contribution is -2.16. The number of benzene rings is 2. The molecule has 4 rings (SSSR count). The Labute approximate surface area is 194 Å². The number of anilines is 1. The Balaban J connectivity index is 1.47. The third-order valence-corrected chi connectivity index (χ3v) is 6.60. The summed E-state index contributed by atoms with van der Waals surface area (Å²) in [5.74, 6) is 1.39. The number of aryl methyl sites for hydroxylation is 2. The van der Waals surface area contributed by atoms with Crippen molar-refractivity contribution < 1.29 is 9.21 Å². The molecule has 0 aliphatic heterocycles. The fraction of sp³-hybridized carbons (Fsp3) is 0.190. The zero-order valence-electron chi connectivity index (χ0n) is 16.5. The lowest BCUT2D eigenvalue weighted by atomic mass is 10.1. The molecule has 0 saturated carbocycles. The zero-order valence-corrected chi connectivity index (χ0v) is 20.5. The van der Waals surface area contributed by atoms with Crippen LogP contribution in [0.1, 0.15) is 11.1 Å². The van der Waals surface area contributed by atoms with Gasteiger partial charge in [-0.2, -0.15) is 0 Å². The number of hydrogen-bond donors (Lipinski definition) is 1. The van der Waals surface area contributed by atoms with E-state index in [-0.39, 0.29) is 11.7 Å². The molecule has 9 heteroatoms. The molecule has 0 fully saturated rings. The largest absolute Gasteiger partial charge is 0.453 e. The second-order valence-corrected chi connectivity index (χ2v) is 9.68. The Morgan fingerprint density at radius 1 is 1.10 bits per heavy atom. The molecule has 1 amide bonds. The number of fused-ring (bicyclic) bond motifs is 1. The third-order valence-electron chi connectivity index (χ3n) is 4.63. The minimum atomic E-state index is -0.0911. The van der Waals surface area contributed by atoms with Crippen LogP contribution in [-0.2, 0) is 11.8 Å². The van der Waals surface area contributed by atoms with E-state index in [1.54, 1.807) is 0 Å². The van der Waals surface area contributed by atoms with Crippen LogP contribution in [0.15, 0.2) is 54.9 Å². The van der Waals surface area contributed by atoms with Crippen LogP contribution in [0.3, 0.4) is 0 Å². The summed E-state index contributed by atoms with van der Waals surface area (Å²) >= 11 is 8.28. The van der Waals surface area contributed by atoms with Gasteiger partial charge in [0.2, 0.25) is 5.91 Å². The molecule has 30 heavy (non-hydrogen) atoms. The van der Waals surface area contributed by atoms with Crippen LogP contribution in [0.25, 0.3) is 22.6 Å². The summed E-state index contributed by atoms with van der Waals surface area (Å²) in [7, 11) is 1.86. The number of aromatic nitrogens is 3. The number of furan rings is 1. The fourth-order valence-electron chi connectivity index (χ4n) is 3.19. The highest BCUT2D eigenvalue weighted by molar-refractivity contribution is 9.10. The first kappa shape index (κ1) is 21.1. The predicted octanol–water partition coefficient (Wildman–Crippen LogP) is 6.10. The number of amides is 1. The Morgan fingerprint density at radius 3 is 2.57 bits per heavy atom. The quantitative estimate of drug-likeness (QED) is 0.304. The maximum Gasteiger partial charge on any atom is 0.234 e. The molecule has 0 aliphatic carbocycles. The van der Waals surface area contributed by atoms with Gasteiger partial charge in [0.1, 0.15) is 5.58 Å². The molecular weight excluding hydrogens is 532 g/mol. The summed E-state index contributed by atoms with van der Waals surface area (Å²) in [6.07, 6.45) is 0. The molecule has 2 aromatic heterocycles. The van der Waals surface area contributed by atoms with E-state index in [1.807, 2.05) is 61.9 Å². The Hall–Kier alpha value is -2.10. The number of halogens is 2. The number of carbonyl (C=O) groups excluding carboxylic acids is 1. The van der Waals surface area contributed by atoms with Crippen molar-refractivity contribution in [1.82, 2.24) is 14.8 Å². The number of nitrogens with zero attached hydrogens (tertiary/aromatic N) is 3. The number of rotatable bonds is 5. The predicted molar refractivity (Wildman–Crippen MR) is 127 cm³/mol. The van der Waals surface area contributed by atoms with Crippen LogP contribution in [0.2, 0.25) is 0 Å².